The van der Waals surface area contributed by atoms with Crippen LogP contribution in [0, 0.1) is 0 Å². The van der Waals surface area contributed by atoms with Crippen molar-refractivity contribution in [3.63, 3.8) is 0 Å². The van der Waals surface area contributed by atoms with Gasteiger partial charge in [0.15, 0.2) is 6.04 Å². The maximum Gasteiger partial charge on any atom is 0.328 e. The van der Waals surface area contributed by atoms with E-state index in [9.17, 15) is 29.4 Å². The summed E-state index contributed by atoms with van der Waals surface area (Å²) < 4.78 is 0. The van der Waals surface area contributed by atoms with E-state index in [4.69, 9.17) is 17.2 Å². The van der Waals surface area contributed by atoms with E-state index in [2.05, 4.69) is 10.6 Å². The van der Waals surface area contributed by atoms with Crippen molar-refractivity contribution in [3.8, 4) is 0 Å². The second-order valence-electron chi connectivity index (χ2n) is 8.49. The van der Waals surface area contributed by atoms with Crippen molar-refractivity contribution < 1.29 is 29.4 Å². The number of aliphatic hydroxyl groups is 1. The molecule has 0 radical (unpaired) electrons. The molecule has 3 amide bonds. The van der Waals surface area contributed by atoms with Crippen LogP contribution in [-0.4, -0.2) is 88.7 Å². The van der Waals surface area contributed by atoms with E-state index in [1.165, 1.54) is 11.8 Å². The SMILES string of the molecule is CC(O)C(NC(=O)C1CCCN1C(=O)C(CCCCN)NC(=O)C(N)CCCCN)C(=O)O. The highest BCUT2D eigenvalue weighted by Crippen LogP contribution is 2.20. The average molecular weight is 473 g/mol. The summed E-state index contributed by atoms with van der Waals surface area (Å²) in [5.74, 6) is -2.89. The van der Waals surface area contributed by atoms with Crippen LogP contribution in [0.4, 0.5) is 0 Å². The van der Waals surface area contributed by atoms with Crippen molar-refractivity contribution in [2.45, 2.75) is 88.6 Å². The number of amides is 3. The number of nitrogens with zero attached hydrogens (tertiary/aromatic N) is 1. The number of aliphatic carboxylic acids is 1. The van der Waals surface area contributed by atoms with Gasteiger partial charge >= 0.3 is 5.97 Å². The Morgan fingerprint density at radius 3 is 2.18 bits per heavy atom. The largest absolute Gasteiger partial charge is 0.480 e. The number of aliphatic hydroxyl groups excluding tert-OH is 1. The molecule has 190 valence electrons. The van der Waals surface area contributed by atoms with Crippen LogP contribution in [0.3, 0.4) is 0 Å². The Balaban J connectivity index is 2.90. The third-order valence-electron chi connectivity index (χ3n) is 5.75. The fourth-order valence-corrected chi connectivity index (χ4v) is 3.81. The lowest BCUT2D eigenvalue weighted by Gasteiger charge is -2.30. The smallest absolute Gasteiger partial charge is 0.328 e. The van der Waals surface area contributed by atoms with E-state index in [1.54, 1.807) is 0 Å². The summed E-state index contributed by atoms with van der Waals surface area (Å²) in [6, 6.07) is -4.02. The molecule has 0 aromatic rings. The normalized spacial score (nSPS) is 19.4. The zero-order valence-electron chi connectivity index (χ0n) is 19.4. The molecule has 10 N–H and O–H groups in total. The predicted molar refractivity (Wildman–Crippen MR) is 122 cm³/mol. The first-order valence-electron chi connectivity index (χ1n) is 11.6. The third-order valence-corrected chi connectivity index (χ3v) is 5.75. The first-order valence-corrected chi connectivity index (χ1v) is 11.6. The molecule has 0 aromatic carbocycles. The van der Waals surface area contributed by atoms with Gasteiger partial charge < -0.3 is 42.9 Å². The van der Waals surface area contributed by atoms with Crippen molar-refractivity contribution in [1.82, 2.24) is 15.5 Å². The van der Waals surface area contributed by atoms with E-state index in [0.29, 0.717) is 64.6 Å². The van der Waals surface area contributed by atoms with Crippen molar-refractivity contribution in [3.05, 3.63) is 0 Å². The number of hydrogen-bond acceptors (Lipinski definition) is 8. The maximum atomic E-state index is 13.3. The van der Waals surface area contributed by atoms with Gasteiger partial charge in [-0.2, -0.15) is 0 Å². The van der Waals surface area contributed by atoms with E-state index < -0.39 is 54.0 Å². The number of nitrogens with one attached hydrogen (secondary N) is 2. The Morgan fingerprint density at radius 1 is 1.03 bits per heavy atom. The molecule has 5 atom stereocenters. The van der Waals surface area contributed by atoms with Crippen LogP contribution in [-0.2, 0) is 19.2 Å². The predicted octanol–water partition coefficient (Wildman–Crippen LogP) is -2.00. The molecule has 33 heavy (non-hydrogen) atoms. The number of unbranched alkanes of at least 4 members (excludes halogenated alkanes) is 2. The Kier molecular flexibility index (Phi) is 12.9. The Labute approximate surface area is 194 Å². The fraction of sp³-hybridized carbons (Fsp3) is 0.810. The summed E-state index contributed by atoms with van der Waals surface area (Å²) in [6.07, 6.45) is 3.09. The molecule has 1 saturated heterocycles. The van der Waals surface area contributed by atoms with Gasteiger partial charge in [-0.1, -0.05) is 6.42 Å². The van der Waals surface area contributed by atoms with Crippen LogP contribution < -0.4 is 27.8 Å². The van der Waals surface area contributed by atoms with Crippen LogP contribution in [0.15, 0.2) is 0 Å². The molecule has 5 unspecified atom stereocenters. The molecule has 1 rings (SSSR count). The summed E-state index contributed by atoms with van der Waals surface area (Å²) in [4.78, 5) is 51.3. The van der Waals surface area contributed by atoms with Gasteiger partial charge in [0, 0.05) is 6.54 Å². The van der Waals surface area contributed by atoms with Gasteiger partial charge in [-0.3, -0.25) is 14.4 Å². The zero-order chi connectivity index (χ0) is 25.0. The molecule has 1 aliphatic rings. The minimum absolute atomic E-state index is 0.301. The lowest BCUT2D eigenvalue weighted by atomic mass is 10.0. The van der Waals surface area contributed by atoms with Crippen molar-refractivity contribution in [2.75, 3.05) is 19.6 Å². The molecule has 1 aliphatic heterocycles. The number of likely N-dealkylation sites (tertiary alicyclic amines) is 1. The van der Waals surface area contributed by atoms with Crippen molar-refractivity contribution in [1.29, 1.82) is 0 Å². The Morgan fingerprint density at radius 2 is 1.64 bits per heavy atom. The lowest BCUT2D eigenvalue weighted by molar-refractivity contribution is -0.147. The van der Waals surface area contributed by atoms with Crippen LogP contribution in [0.25, 0.3) is 0 Å². The highest BCUT2D eigenvalue weighted by Gasteiger charge is 2.39. The molecular weight excluding hydrogens is 432 g/mol. The van der Waals surface area contributed by atoms with Crippen LogP contribution in [0.5, 0.6) is 0 Å². The number of carbonyl (C=O) groups is 4. The summed E-state index contributed by atoms with van der Waals surface area (Å²) in [5.41, 5.74) is 17.0. The standard InChI is InChI=1S/C21H40N6O6/c1-13(28)17(21(32)33)26-19(30)16-9-6-12-27(16)20(31)15(8-3-5-11-23)25-18(29)14(24)7-2-4-10-22/h13-17,28H,2-12,22-24H2,1H3,(H,25,29)(H,26,30)(H,32,33). The molecule has 0 aromatic heterocycles. The number of carboxylic acids is 1. The van der Waals surface area contributed by atoms with Gasteiger partial charge in [-0.05, 0) is 65.0 Å². The molecule has 1 heterocycles. The van der Waals surface area contributed by atoms with E-state index in [-0.39, 0.29) is 0 Å². The highest BCUT2D eigenvalue weighted by molar-refractivity contribution is 5.94. The number of carbonyl (C=O) groups excluding carboxylic acids is 3. The molecule has 0 spiro atoms. The van der Waals surface area contributed by atoms with Gasteiger partial charge in [0.25, 0.3) is 0 Å². The second kappa shape index (κ2) is 14.8. The van der Waals surface area contributed by atoms with Gasteiger partial charge in [0.05, 0.1) is 12.1 Å². The molecule has 1 fully saturated rings. The van der Waals surface area contributed by atoms with E-state index in [0.717, 1.165) is 6.42 Å². The van der Waals surface area contributed by atoms with Crippen molar-refractivity contribution in [2.24, 2.45) is 17.2 Å². The van der Waals surface area contributed by atoms with Crippen molar-refractivity contribution >= 4 is 23.7 Å². The number of nitrogens with two attached hydrogens (primary N) is 3. The van der Waals surface area contributed by atoms with Gasteiger partial charge in [0.2, 0.25) is 17.7 Å². The summed E-state index contributed by atoms with van der Waals surface area (Å²) in [6.45, 7) is 2.51. The number of carboxylic acid groups (broad SMARTS) is 1. The highest BCUT2D eigenvalue weighted by atomic mass is 16.4. The Hall–Kier alpha value is -2.28. The van der Waals surface area contributed by atoms with E-state index >= 15 is 0 Å². The maximum absolute atomic E-state index is 13.3. The van der Waals surface area contributed by atoms with Gasteiger partial charge in [0.1, 0.15) is 12.1 Å². The molecule has 0 aliphatic carbocycles. The quantitative estimate of drug-likeness (QED) is 0.131. The molecule has 0 bridgehead atoms. The lowest BCUT2D eigenvalue weighted by Crippen LogP contribution is -2.57. The van der Waals surface area contributed by atoms with E-state index in [1.807, 2.05) is 0 Å². The minimum atomic E-state index is -1.48. The van der Waals surface area contributed by atoms with Crippen LogP contribution >= 0.6 is 0 Å². The molecular formula is C21H40N6O6. The number of hydrogen-bond donors (Lipinski definition) is 7. The number of rotatable bonds is 15. The summed E-state index contributed by atoms with van der Waals surface area (Å²) in [7, 11) is 0. The summed E-state index contributed by atoms with van der Waals surface area (Å²) in [5, 5.41) is 23.9. The van der Waals surface area contributed by atoms with Crippen LogP contribution in [0.1, 0.15) is 58.3 Å². The third kappa shape index (κ3) is 9.24. The first-order chi connectivity index (χ1) is 15.6. The molecule has 12 heteroatoms. The molecule has 12 nitrogen and oxygen atoms in total. The average Bonchev–Trinajstić information content (AvgIpc) is 3.25. The first kappa shape index (κ1) is 28.8. The molecule has 0 saturated carbocycles. The van der Waals surface area contributed by atoms with Gasteiger partial charge in [-0.25, -0.2) is 4.79 Å². The monoisotopic (exact) mass is 472 g/mol. The fourth-order valence-electron chi connectivity index (χ4n) is 3.81. The van der Waals surface area contributed by atoms with Gasteiger partial charge in [-0.15, -0.1) is 0 Å². The summed E-state index contributed by atoms with van der Waals surface area (Å²) >= 11 is 0. The second-order valence-corrected chi connectivity index (χ2v) is 8.49. The van der Waals surface area contributed by atoms with Crippen LogP contribution in [0.2, 0.25) is 0 Å². The Bertz CT molecular complexity index is 661. The minimum Gasteiger partial charge on any atom is -0.480 e. The topological polar surface area (TPSA) is 214 Å². The zero-order valence-corrected chi connectivity index (χ0v) is 19.4.